The molecule has 31 heavy (non-hydrogen) atoms. The Bertz CT molecular complexity index is 1060. The maximum absolute atomic E-state index is 12.6. The third-order valence-corrected chi connectivity index (χ3v) is 5.52. The van der Waals surface area contributed by atoms with Crippen molar-refractivity contribution in [2.75, 3.05) is 13.7 Å². The lowest BCUT2D eigenvalue weighted by molar-refractivity contribution is -0.306. The van der Waals surface area contributed by atoms with Gasteiger partial charge in [-0.2, -0.15) is 0 Å². The molecule has 0 saturated carbocycles. The van der Waals surface area contributed by atoms with E-state index in [1.807, 2.05) is 36.4 Å². The van der Waals surface area contributed by atoms with Crippen molar-refractivity contribution in [3.05, 3.63) is 89.5 Å². The van der Waals surface area contributed by atoms with Gasteiger partial charge in [0.15, 0.2) is 0 Å². The molecular formula is C25H22NO5-. The molecule has 0 aromatic heterocycles. The summed E-state index contributed by atoms with van der Waals surface area (Å²) in [5.41, 5.74) is 5.02. The number of hydrogen-bond donors (Lipinski definition) is 1. The first-order valence-electron chi connectivity index (χ1n) is 10.0. The molecule has 1 atom stereocenters. The fourth-order valence-corrected chi connectivity index (χ4v) is 4.14. The molecule has 0 bridgehead atoms. The Morgan fingerprint density at radius 1 is 0.935 bits per heavy atom. The third-order valence-electron chi connectivity index (χ3n) is 5.52. The van der Waals surface area contributed by atoms with Crippen molar-refractivity contribution in [2.45, 2.75) is 18.4 Å². The number of alkyl carbamates (subject to hydrolysis) is 1. The van der Waals surface area contributed by atoms with Crippen molar-refractivity contribution in [1.29, 1.82) is 0 Å². The second-order valence-corrected chi connectivity index (χ2v) is 7.34. The molecule has 3 aromatic carbocycles. The number of ether oxygens (including phenoxy) is 2. The van der Waals surface area contributed by atoms with Crippen LogP contribution in [0, 0.1) is 0 Å². The average molecular weight is 416 g/mol. The number of hydrogen-bond acceptors (Lipinski definition) is 5. The highest BCUT2D eigenvalue weighted by Gasteiger charge is 2.29. The van der Waals surface area contributed by atoms with E-state index < -0.39 is 24.5 Å². The largest absolute Gasteiger partial charge is 0.550 e. The van der Waals surface area contributed by atoms with E-state index in [9.17, 15) is 14.7 Å². The van der Waals surface area contributed by atoms with Crippen LogP contribution in [0.25, 0.3) is 11.1 Å². The first-order valence-corrected chi connectivity index (χ1v) is 10.0. The van der Waals surface area contributed by atoms with E-state index in [-0.39, 0.29) is 12.5 Å². The van der Waals surface area contributed by atoms with Gasteiger partial charge >= 0.3 is 6.09 Å². The Kier molecular flexibility index (Phi) is 5.89. The highest BCUT2D eigenvalue weighted by molar-refractivity contribution is 5.79. The van der Waals surface area contributed by atoms with E-state index in [1.54, 1.807) is 24.3 Å². The van der Waals surface area contributed by atoms with Gasteiger partial charge in [0.25, 0.3) is 0 Å². The Labute approximate surface area is 180 Å². The zero-order valence-corrected chi connectivity index (χ0v) is 17.0. The molecule has 0 fully saturated rings. The van der Waals surface area contributed by atoms with Crippen LogP contribution in [0.1, 0.15) is 35.1 Å². The summed E-state index contributed by atoms with van der Waals surface area (Å²) in [4.78, 5) is 23.9. The maximum Gasteiger partial charge on any atom is 0.407 e. The van der Waals surface area contributed by atoms with Crippen LogP contribution in [-0.2, 0) is 9.53 Å². The van der Waals surface area contributed by atoms with Crippen molar-refractivity contribution in [1.82, 2.24) is 5.32 Å². The van der Waals surface area contributed by atoms with Crippen molar-refractivity contribution in [3.63, 3.8) is 0 Å². The number of para-hydroxylation sites is 1. The maximum atomic E-state index is 12.6. The predicted molar refractivity (Wildman–Crippen MR) is 114 cm³/mol. The Morgan fingerprint density at radius 2 is 1.52 bits per heavy atom. The summed E-state index contributed by atoms with van der Waals surface area (Å²) in [5.74, 6) is -0.883. The molecular weight excluding hydrogens is 394 g/mol. The molecule has 0 radical (unpaired) electrons. The van der Waals surface area contributed by atoms with E-state index in [4.69, 9.17) is 9.47 Å². The molecule has 6 nitrogen and oxygen atoms in total. The second-order valence-electron chi connectivity index (χ2n) is 7.34. The first kappa shape index (κ1) is 20.5. The summed E-state index contributed by atoms with van der Waals surface area (Å²) in [6.45, 7) is 0.143. The minimum atomic E-state index is -1.28. The van der Waals surface area contributed by atoms with Crippen LogP contribution < -0.4 is 15.2 Å². The van der Waals surface area contributed by atoms with E-state index in [0.717, 1.165) is 22.3 Å². The van der Waals surface area contributed by atoms with Gasteiger partial charge < -0.3 is 24.7 Å². The number of nitrogens with one attached hydrogen (secondary N) is 1. The van der Waals surface area contributed by atoms with Crippen molar-refractivity contribution >= 4 is 12.1 Å². The fourth-order valence-electron chi connectivity index (χ4n) is 4.14. The van der Waals surface area contributed by atoms with Crippen molar-refractivity contribution < 1.29 is 24.2 Å². The number of amides is 1. The molecule has 1 amide bonds. The zero-order valence-electron chi connectivity index (χ0n) is 17.0. The van der Waals surface area contributed by atoms with Gasteiger partial charge in [-0.05, 0) is 28.3 Å². The van der Waals surface area contributed by atoms with E-state index in [2.05, 4.69) is 17.4 Å². The molecule has 0 aliphatic heterocycles. The summed E-state index contributed by atoms with van der Waals surface area (Å²) in [5, 5.41) is 13.9. The predicted octanol–water partition coefficient (Wildman–Crippen LogP) is 3.42. The molecule has 4 rings (SSSR count). The molecule has 158 valence electrons. The molecule has 1 aliphatic rings. The average Bonchev–Trinajstić information content (AvgIpc) is 3.11. The van der Waals surface area contributed by atoms with Gasteiger partial charge in [-0.25, -0.2) is 4.79 Å². The van der Waals surface area contributed by atoms with Gasteiger partial charge in [0.05, 0.1) is 13.2 Å². The zero-order chi connectivity index (χ0) is 21.8. The summed E-state index contributed by atoms with van der Waals surface area (Å²) in [7, 11) is 1.49. The number of methoxy groups -OCH3 is 1. The van der Waals surface area contributed by atoms with Crippen molar-refractivity contribution in [3.8, 4) is 16.9 Å². The number of fused-ring (bicyclic) bond motifs is 3. The minimum Gasteiger partial charge on any atom is -0.550 e. The Morgan fingerprint density at radius 3 is 2.13 bits per heavy atom. The van der Waals surface area contributed by atoms with Gasteiger partial charge in [-0.3, -0.25) is 0 Å². The molecule has 6 heteroatoms. The fraction of sp³-hybridized carbons (Fsp3) is 0.200. The number of benzene rings is 3. The summed E-state index contributed by atoms with van der Waals surface area (Å²) >= 11 is 0. The number of aliphatic carboxylic acids is 1. The number of carboxylic acids is 1. The Balaban J connectivity index is 1.50. The molecule has 0 saturated heterocycles. The Hall–Kier alpha value is -3.80. The number of carbonyl (C=O) groups is 2. The van der Waals surface area contributed by atoms with Crippen LogP contribution in [0.5, 0.6) is 5.75 Å². The first-order chi connectivity index (χ1) is 15.1. The molecule has 1 N–H and O–H groups in total. The SMILES string of the molecule is COc1ccccc1[C@H](CC(=O)[O-])NC(=O)OCC1c2ccccc2-c2ccccc21. The van der Waals surface area contributed by atoms with Crippen LogP contribution in [0.4, 0.5) is 4.79 Å². The molecule has 1 aliphatic carbocycles. The monoisotopic (exact) mass is 416 g/mol. The second kappa shape index (κ2) is 8.92. The lowest BCUT2D eigenvalue weighted by Gasteiger charge is -2.22. The third kappa shape index (κ3) is 4.23. The van der Waals surface area contributed by atoms with Crippen LogP contribution in [0.3, 0.4) is 0 Å². The van der Waals surface area contributed by atoms with E-state index in [1.165, 1.54) is 7.11 Å². The smallest absolute Gasteiger partial charge is 0.407 e. The standard InChI is InChI=1S/C25H23NO5/c1-30-23-13-7-6-12-20(23)22(14-24(27)28)26-25(29)31-15-21-18-10-4-2-8-16(18)17-9-3-5-11-19(17)21/h2-13,21-22H,14-15H2,1H3,(H,26,29)(H,27,28)/p-1/t22-/m0/s1. The minimum absolute atomic E-state index is 0.0796. The molecule has 3 aromatic rings. The summed E-state index contributed by atoms with van der Waals surface area (Å²) < 4.78 is 10.8. The number of rotatable bonds is 7. The number of carboxylic acid groups (broad SMARTS) is 1. The highest BCUT2D eigenvalue weighted by atomic mass is 16.5. The molecule has 0 unspecified atom stereocenters. The van der Waals surface area contributed by atoms with Gasteiger partial charge in [0.1, 0.15) is 12.4 Å². The van der Waals surface area contributed by atoms with Crippen LogP contribution >= 0.6 is 0 Å². The summed E-state index contributed by atoms with van der Waals surface area (Å²) in [6, 6.07) is 22.2. The topological polar surface area (TPSA) is 87.7 Å². The van der Waals surface area contributed by atoms with Crippen LogP contribution in [0.2, 0.25) is 0 Å². The quantitative estimate of drug-likeness (QED) is 0.638. The summed E-state index contributed by atoms with van der Waals surface area (Å²) in [6.07, 6.45) is -1.09. The van der Waals surface area contributed by atoms with E-state index >= 15 is 0 Å². The van der Waals surface area contributed by atoms with Crippen LogP contribution in [-0.4, -0.2) is 25.8 Å². The highest BCUT2D eigenvalue weighted by Crippen LogP contribution is 2.44. The molecule has 0 heterocycles. The van der Waals surface area contributed by atoms with Gasteiger partial charge in [-0.1, -0.05) is 66.7 Å². The van der Waals surface area contributed by atoms with E-state index in [0.29, 0.717) is 11.3 Å². The lowest BCUT2D eigenvalue weighted by Crippen LogP contribution is -2.35. The number of carbonyl (C=O) groups excluding carboxylic acids is 2. The van der Waals surface area contributed by atoms with Crippen LogP contribution in [0.15, 0.2) is 72.8 Å². The van der Waals surface area contributed by atoms with Gasteiger partial charge in [-0.15, -0.1) is 0 Å². The normalized spacial score (nSPS) is 13.1. The van der Waals surface area contributed by atoms with Crippen molar-refractivity contribution in [2.24, 2.45) is 0 Å². The molecule has 0 spiro atoms. The van der Waals surface area contributed by atoms with Gasteiger partial charge in [0.2, 0.25) is 0 Å². The van der Waals surface area contributed by atoms with Gasteiger partial charge in [0, 0.05) is 23.9 Å². The lowest BCUT2D eigenvalue weighted by atomic mass is 9.98.